The summed E-state index contributed by atoms with van der Waals surface area (Å²) in [5, 5.41) is 10.5. The van der Waals surface area contributed by atoms with Gasteiger partial charge in [0.2, 0.25) is 0 Å². The highest BCUT2D eigenvalue weighted by atomic mass is 16.2. The third kappa shape index (κ3) is 2.51. The second kappa shape index (κ2) is 5.80. The van der Waals surface area contributed by atoms with Crippen molar-refractivity contribution >= 4 is 5.91 Å². The Morgan fingerprint density at radius 2 is 2.21 bits per heavy atom. The van der Waals surface area contributed by atoms with Gasteiger partial charge in [0.1, 0.15) is 0 Å². The van der Waals surface area contributed by atoms with Crippen LogP contribution in [0, 0.1) is 0 Å². The largest absolute Gasteiger partial charge is 0.340 e. The molecule has 8 heteroatoms. The van der Waals surface area contributed by atoms with Crippen LogP contribution in [0.5, 0.6) is 0 Å². The van der Waals surface area contributed by atoms with E-state index in [4.69, 9.17) is 0 Å². The van der Waals surface area contributed by atoms with Gasteiger partial charge in [0.25, 0.3) is 5.91 Å². The molecule has 8 nitrogen and oxygen atoms in total. The van der Waals surface area contributed by atoms with Gasteiger partial charge < -0.3 is 4.90 Å². The van der Waals surface area contributed by atoms with Gasteiger partial charge in [0.15, 0.2) is 5.82 Å². The lowest BCUT2D eigenvalue weighted by atomic mass is 10.1. The first kappa shape index (κ1) is 14.4. The van der Waals surface area contributed by atoms with E-state index in [2.05, 4.69) is 20.3 Å². The van der Waals surface area contributed by atoms with Gasteiger partial charge in [-0.2, -0.15) is 10.2 Å². The van der Waals surface area contributed by atoms with Gasteiger partial charge in [0.05, 0.1) is 11.7 Å². The number of hydrogen-bond acceptors (Lipinski definition) is 4. The number of carbonyl (C=O) groups excluding carboxylic acids is 1. The van der Waals surface area contributed by atoms with Crippen LogP contribution in [-0.4, -0.2) is 42.3 Å². The second-order valence-electron chi connectivity index (χ2n) is 5.72. The standard InChI is InChI=1S/C16H16N6O2/c23-15(11-4-1-5-12(10-11)22-9-3-7-17-22)21-8-2-6-13(21)14-18-16(24)20-19-14/h1,3-5,7,9-10,13H,2,6,8H2,(H2,18,19,20,24). The molecule has 4 rings (SSSR count). The molecule has 0 spiro atoms. The number of nitrogens with zero attached hydrogens (tertiary/aromatic N) is 4. The molecule has 0 aliphatic carbocycles. The molecule has 1 aromatic carbocycles. The Morgan fingerprint density at radius 1 is 1.29 bits per heavy atom. The van der Waals surface area contributed by atoms with Crippen LogP contribution < -0.4 is 5.69 Å². The quantitative estimate of drug-likeness (QED) is 0.757. The number of benzene rings is 1. The van der Waals surface area contributed by atoms with Crippen molar-refractivity contribution in [1.29, 1.82) is 0 Å². The van der Waals surface area contributed by atoms with Gasteiger partial charge in [-0.25, -0.2) is 14.6 Å². The maximum atomic E-state index is 12.9. The number of amides is 1. The third-order valence-electron chi connectivity index (χ3n) is 4.21. The topological polar surface area (TPSA) is 99.7 Å². The van der Waals surface area contributed by atoms with E-state index in [1.165, 1.54) is 0 Å². The summed E-state index contributed by atoms with van der Waals surface area (Å²) < 4.78 is 1.71. The van der Waals surface area contributed by atoms with Crippen molar-refractivity contribution in [3.05, 3.63) is 64.6 Å². The number of rotatable bonds is 3. The van der Waals surface area contributed by atoms with Gasteiger partial charge in [-0.05, 0) is 37.1 Å². The normalized spacial score (nSPS) is 17.3. The molecule has 24 heavy (non-hydrogen) atoms. The summed E-state index contributed by atoms with van der Waals surface area (Å²) in [6.45, 7) is 0.643. The molecule has 0 saturated carbocycles. The molecule has 0 radical (unpaired) electrons. The van der Waals surface area contributed by atoms with Gasteiger partial charge in [-0.1, -0.05) is 6.07 Å². The molecule has 0 bridgehead atoms. The molecule has 1 atom stereocenters. The van der Waals surface area contributed by atoms with E-state index in [1.54, 1.807) is 21.8 Å². The molecular formula is C16H16N6O2. The minimum Gasteiger partial charge on any atom is -0.328 e. The van der Waals surface area contributed by atoms with Crippen molar-refractivity contribution in [2.24, 2.45) is 0 Å². The molecular weight excluding hydrogens is 308 g/mol. The van der Waals surface area contributed by atoms with Crippen LogP contribution in [0.3, 0.4) is 0 Å². The number of aromatic nitrogens is 5. The Kier molecular flexibility index (Phi) is 3.49. The fourth-order valence-corrected chi connectivity index (χ4v) is 3.10. The minimum atomic E-state index is -0.357. The van der Waals surface area contributed by atoms with Crippen LogP contribution in [0.25, 0.3) is 5.69 Å². The second-order valence-corrected chi connectivity index (χ2v) is 5.72. The third-order valence-corrected chi connectivity index (χ3v) is 4.21. The summed E-state index contributed by atoms with van der Waals surface area (Å²) in [5.41, 5.74) is 1.06. The van der Waals surface area contributed by atoms with Gasteiger partial charge >= 0.3 is 5.69 Å². The highest BCUT2D eigenvalue weighted by Gasteiger charge is 2.32. The summed E-state index contributed by atoms with van der Waals surface area (Å²) in [6, 6.07) is 8.97. The van der Waals surface area contributed by atoms with Crippen LogP contribution in [0.15, 0.2) is 47.5 Å². The molecule has 122 valence electrons. The van der Waals surface area contributed by atoms with E-state index in [9.17, 15) is 9.59 Å². The smallest absolute Gasteiger partial charge is 0.328 e. The molecule has 2 aromatic heterocycles. The van der Waals surface area contributed by atoms with Gasteiger partial charge in [-0.15, -0.1) is 0 Å². The van der Waals surface area contributed by atoms with Crippen molar-refractivity contribution in [1.82, 2.24) is 29.9 Å². The van der Waals surface area contributed by atoms with Crippen molar-refractivity contribution in [2.45, 2.75) is 18.9 Å². The summed E-state index contributed by atoms with van der Waals surface area (Å²) >= 11 is 0. The molecule has 1 aliphatic rings. The average molecular weight is 324 g/mol. The predicted octanol–water partition coefficient (Wildman–Crippen LogP) is 1.26. The monoisotopic (exact) mass is 324 g/mol. The molecule has 2 N–H and O–H groups in total. The Labute approximate surface area is 137 Å². The lowest BCUT2D eigenvalue weighted by molar-refractivity contribution is 0.0730. The van der Waals surface area contributed by atoms with E-state index >= 15 is 0 Å². The Bertz CT molecular complexity index is 911. The zero-order valence-electron chi connectivity index (χ0n) is 12.8. The van der Waals surface area contributed by atoms with Crippen LogP contribution in [0.4, 0.5) is 0 Å². The number of H-pyrrole nitrogens is 2. The van der Waals surface area contributed by atoms with E-state index < -0.39 is 0 Å². The van der Waals surface area contributed by atoms with Gasteiger partial charge in [-0.3, -0.25) is 9.78 Å². The summed E-state index contributed by atoms with van der Waals surface area (Å²) in [5.74, 6) is 0.435. The Balaban J connectivity index is 1.63. The highest BCUT2D eigenvalue weighted by molar-refractivity contribution is 5.95. The van der Waals surface area contributed by atoms with Crippen molar-refractivity contribution in [3.63, 3.8) is 0 Å². The number of likely N-dealkylation sites (tertiary alicyclic amines) is 1. The Morgan fingerprint density at radius 3 is 2.96 bits per heavy atom. The van der Waals surface area contributed by atoms with Crippen LogP contribution in [0.2, 0.25) is 0 Å². The Hall–Kier alpha value is -3.16. The lowest BCUT2D eigenvalue weighted by Crippen LogP contribution is -2.31. The molecule has 1 unspecified atom stereocenters. The van der Waals surface area contributed by atoms with E-state index in [1.807, 2.05) is 30.5 Å². The highest BCUT2D eigenvalue weighted by Crippen LogP contribution is 2.30. The minimum absolute atomic E-state index is 0.0737. The van der Waals surface area contributed by atoms with Crippen molar-refractivity contribution in [3.8, 4) is 5.69 Å². The first-order valence-corrected chi connectivity index (χ1v) is 7.78. The predicted molar refractivity (Wildman–Crippen MR) is 85.8 cm³/mol. The zero-order valence-corrected chi connectivity index (χ0v) is 12.8. The molecule has 1 aliphatic heterocycles. The van der Waals surface area contributed by atoms with Crippen molar-refractivity contribution in [2.75, 3.05) is 6.54 Å². The first-order valence-electron chi connectivity index (χ1n) is 7.78. The molecule has 1 fully saturated rings. The number of aromatic amines is 2. The molecule has 3 aromatic rings. The molecule has 1 amide bonds. The number of carbonyl (C=O) groups is 1. The van der Waals surface area contributed by atoms with Crippen LogP contribution in [0.1, 0.15) is 35.1 Å². The van der Waals surface area contributed by atoms with Crippen LogP contribution >= 0.6 is 0 Å². The van der Waals surface area contributed by atoms with Crippen molar-refractivity contribution < 1.29 is 4.79 Å². The van der Waals surface area contributed by atoms with Crippen LogP contribution in [-0.2, 0) is 0 Å². The average Bonchev–Trinajstić information content (AvgIpc) is 3.35. The van der Waals surface area contributed by atoms with E-state index in [0.717, 1.165) is 18.5 Å². The SMILES string of the molecule is O=C(c1cccc(-n2cccn2)c1)N1CCCC1c1n[nH]c(=O)[nH]1. The molecule has 1 saturated heterocycles. The summed E-state index contributed by atoms with van der Waals surface area (Å²) in [4.78, 5) is 28.6. The summed E-state index contributed by atoms with van der Waals surface area (Å²) in [6.07, 6.45) is 5.19. The zero-order chi connectivity index (χ0) is 16.5. The number of hydrogen-bond donors (Lipinski definition) is 2. The maximum absolute atomic E-state index is 12.9. The fraction of sp³-hybridized carbons (Fsp3) is 0.250. The summed E-state index contributed by atoms with van der Waals surface area (Å²) in [7, 11) is 0. The van der Waals surface area contributed by atoms with Gasteiger partial charge in [0, 0.05) is 24.5 Å². The lowest BCUT2D eigenvalue weighted by Gasteiger charge is -2.23. The number of nitrogens with one attached hydrogen (secondary N) is 2. The van der Waals surface area contributed by atoms with E-state index in [0.29, 0.717) is 17.9 Å². The fourth-order valence-electron chi connectivity index (χ4n) is 3.10. The molecule has 3 heterocycles. The maximum Gasteiger partial charge on any atom is 0.340 e. The van der Waals surface area contributed by atoms with E-state index in [-0.39, 0.29) is 17.6 Å². The first-order chi connectivity index (χ1) is 11.7.